The summed E-state index contributed by atoms with van der Waals surface area (Å²) in [5, 5.41) is 21.9. The van der Waals surface area contributed by atoms with Crippen molar-refractivity contribution in [3.8, 4) is 17.2 Å². The van der Waals surface area contributed by atoms with Crippen LogP contribution in [-0.2, 0) is 6.54 Å². The van der Waals surface area contributed by atoms with Gasteiger partial charge in [0.15, 0.2) is 0 Å². The van der Waals surface area contributed by atoms with E-state index < -0.39 is 0 Å². The zero-order valence-electron chi connectivity index (χ0n) is 10.4. The molecule has 2 rings (SSSR count). The SMILES string of the molecule is COc1cc(F)ccc1NCc1ccc(O)cc1O. The Balaban J connectivity index is 2.14. The zero-order valence-corrected chi connectivity index (χ0v) is 10.4. The lowest BCUT2D eigenvalue weighted by Crippen LogP contribution is -2.02. The number of hydrogen-bond acceptors (Lipinski definition) is 4. The minimum absolute atomic E-state index is 0.000567. The maximum absolute atomic E-state index is 13.0. The first-order valence-electron chi connectivity index (χ1n) is 5.68. The lowest BCUT2D eigenvalue weighted by atomic mass is 10.2. The number of anilines is 1. The van der Waals surface area contributed by atoms with Crippen molar-refractivity contribution in [3.63, 3.8) is 0 Å². The minimum Gasteiger partial charge on any atom is -0.508 e. The molecule has 0 aliphatic heterocycles. The molecule has 4 nitrogen and oxygen atoms in total. The van der Waals surface area contributed by atoms with Gasteiger partial charge in [0.1, 0.15) is 23.1 Å². The number of phenolic OH excluding ortho intramolecular Hbond substituents is 2. The molecule has 0 aliphatic rings. The van der Waals surface area contributed by atoms with Crippen molar-refractivity contribution in [2.45, 2.75) is 6.54 Å². The van der Waals surface area contributed by atoms with Crippen LogP contribution in [-0.4, -0.2) is 17.3 Å². The van der Waals surface area contributed by atoms with Gasteiger partial charge in [-0.05, 0) is 24.3 Å². The molecule has 100 valence electrons. The van der Waals surface area contributed by atoms with Gasteiger partial charge in [-0.2, -0.15) is 0 Å². The fraction of sp³-hybridized carbons (Fsp3) is 0.143. The van der Waals surface area contributed by atoms with Crippen LogP contribution in [0.1, 0.15) is 5.56 Å². The van der Waals surface area contributed by atoms with Crippen LogP contribution < -0.4 is 10.1 Å². The van der Waals surface area contributed by atoms with Gasteiger partial charge in [0.25, 0.3) is 0 Å². The van der Waals surface area contributed by atoms with Crippen molar-refractivity contribution in [2.75, 3.05) is 12.4 Å². The molecule has 0 spiro atoms. The normalized spacial score (nSPS) is 10.2. The van der Waals surface area contributed by atoms with Crippen LogP contribution in [0.4, 0.5) is 10.1 Å². The fourth-order valence-corrected chi connectivity index (χ4v) is 1.70. The molecule has 0 aliphatic carbocycles. The molecule has 3 N–H and O–H groups in total. The number of methoxy groups -OCH3 is 1. The van der Waals surface area contributed by atoms with E-state index in [4.69, 9.17) is 4.74 Å². The summed E-state index contributed by atoms with van der Waals surface area (Å²) >= 11 is 0. The molecule has 2 aromatic rings. The van der Waals surface area contributed by atoms with Crippen LogP contribution in [0.15, 0.2) is 36.4 Å². The number of aromatic hydroxyl groups is 2. The highest BCUT2D eigenvalue weighted by Gasteiger charge is 2.06. The first-order valence-corrected chi connectivity index (χ1v) is 5.68. The van der Waals surface area contributed by atoms with Crippen molar-refractivity contribution >= 4 is 5.69 Å². The Morgan fingerprint density at radius 2 is 1.95 bits per heavy atom. The number of phenols is 2. The third-order valence-electron chi connectivity index (χ3n) is 2.70. The number of halogens is 1. The predicted molar refractivity (Wildman–Crippen MR) is 70.1 cm³/mol. The molecule has 19 heavy (non-hydrogen) atoms. The van der Waals surface area contributed by atoms with E-state index in [9.17, 15) is 14.6 Å². The fourth-order valence-electron chi connectivity index (χ4n) is 1.70. The number of hydrogen-bond donors (Lipinski definition) is 3. The molecular formula is C14H14FNO3. The van der Waals surface area contributed by atoms with E-state index in [0.29, 0.717) is 23.5 Å². The van der Waals surface area contributed by atoms with Crippen LogP contribution in [0, 0.1) is 5.82 Å². The Kier molecular flexibility index (Phi) is 3.75. The number of ether oxygens (including phenoxy) is 1. The summed E-state index contributed by atoms with van der Waals surface area (Å²) in [6, 6.07) is 8.51. The number of rotatable bonds is 4. The second-order valence-corrected chi connectivity index (χ2v) is 4.01. The molecular weight excluding hydrogens is 249 g/mol. The highest BCUT2D eigenvalue weighted by Crippen LogP contribution is 2.27. The highest BCUT2D eigenvalue weighted by atomic mass is 19.1. The second-order valence-electron chi connectivity index (χ2n) is 4.01. The van der Waals surface area contributed by atoms with E-state index in [1.54, 1.807) is 12.1 Å². The Morgan fingerprint density at radius 3 is 2.63 bits per heavy atom. The average molecular weight is 263 g/mol. The zero-order chi connectivity index (χ0) is 13.8. The van der Waals surface area contributed by atoms with E-state index in [1.807, 2.05) is 0 Å². The van der Waals surface area contributed by atoms with E-state index in [2.05, 4.69) is 5.32 Å². The van der Waals surface area contributed by atoms with Crippen LogP contribution in [0.3, 0.4) is 0 Å². The maximum Gasteiger partial charge on any atom is 0.144 e. The smallest absolute Gasteiger partial charge is 0.144 e. The summed E-state index contributed by atoms with van der Waals surface area (Å²) < 4.78 is 18.1. The molecule has 0 amide bonds. The Labute approximate surface area is 110 Å². The van der Waals surface area contributed by atoms with E-state index in [1.165, 1.54) is 31.4 Å². The van der Waals surface area contributed by atoms with Crippen molar-refractivity contribution in [1.82, 2.24) is 0 Å². The number of benzene rings is 2. The third kappa shape index (κ3) is 3.07. The van der Waals surface area contributed by atoms with Gasteiger partial charge in [-0.15, -0.1) is 0 Å². The largest absolute Gasteiger partial charge is 0.508 e. The Bertz CT molecular complexity index is 587. The van der Waals surface area contributed by atoms with Gasteiger partial charge in [0.2, 0.25) is 0 Å². The molecule has 2 aromatic carbocycles. The molecule has 0 saturated carbocycles. The second kappa shape index (κ2) is 5.48. The van der Waals surface area contributed by atoms with Crippen molar-refractivity contribution < 1.29 is 19.3 Å². The number of nitrogens with one attached hydrogen (secondary N) is 1. The van der Waals surface area contributed by atoms with Crippen LogP contribution in [0.5, 0.6) is 17.2 Å². The minimum atomic E-state index is -0.380. The summed E-state index contributed by atoms with van der Waals surface area (Å²) in [6.07, 6.45) is 0. The topological polar surface area (TPSA) is 61.7 Å². The van der Waals surface area contributed by atoms with Crippen LogP contribution in [0.25, 0.3) is 0 Å². The highest BCUT2D eigenvalue weighted by molar-refractivity contribution is 5.57. The Hall–Kier alpha value is -2.43. The molecule has 0 atom stereocenters. The lowest BCUT2D eigenvalue weighted by Gasteiger charge is -2.12. The van der Waals surface area contributed by atoms with Gasteiger partial charge < -0.3 is 20.3 Å². The quantitative estimate of drug-likeness (QED) is 0.793. The predicted octanol–water partition coefficient (Wildman–Crippen LogP) is 2.86. The van der Waals surface area contributed by atoms with Crippen LogP contribution >= 0.6 is 0 Å². The van der Waals surface area contributed by atoms with Gasteiger partial charge in [-0.1, -0.05) is 0 Å². The summed E-state index contributed by atoms with van der Waals surface area (Å²) in [5.74, 6) is 0.00217. The first-order chi connectivity index (χ1) is 9.10. The van der Waals surface area contributed by atoms with Crippen molar-refractivity contribution in [3.05, 3.63) is 47.8 Å². The molecule has 0 aromatic heterocycles. The van der Waals surface area contributed by atoms with E-state index in [-0.39, 0.29) is 17.3 Å². The molecule has 5 heteroatoms. The molecule has 0 saturated heterocycles. The Morgan fingerprint density at radius 1 is 1.16 bits per heavy atom. The monoisotopic (exact) mass is 263 g/mol. The summed E-state index contributed by atoms with van der Waals surface area (Å²) in [5.41, 5.74) is 1.24. The molecule has 0 heterocycles. The van der Waals surface area contributed by atoms with Gasteiger partial charge >= 0.3 is 0 Å². The summed E-state index contributed by atoms with van der Waals surface area (Å²) in [4.78, 5) is 0. The van der Waals surface area contributed by atoms with Crippen LogP contribution in [0.2, 0.25) is 0 Å². The summed E-state index contributed by atoms with van der Waals surface area (Å²) in [7, 11) is 1.46. The van der Waals surface area contributed by atoms with Crippen molar-refractivity contribution in [1.29, 1.82) is 0 Å². The molecule has 0 unspecified atom stereocenters. The third-order valence-corrected chi connectivity index (χ3v) is 2.70. The first kappa shape index (κ1) is 13.0. The van der Waals surface area contributed by atoms with Crippen molar-refractivity contribution in [2.24, 2.45) is 0 Å². The lowest BCUT2D eigenvalue weighted by molar-refractivity contribution is 0.413. The maximum atomic E-state index is 13.0. The van der Waals surface area contributed by atoms with E-state index >= 15 is 0 Å². The van der Waals surface area contributed by atoms with E-state index in [0.717, 1.165) is 0 Å². The summed E-state index contributed by atoms with van der Waals surface area (Å²) in [6.45, 7) is 0.327. The van der Waals surface area contributed by atoms with Gasteiger partial charge in [-0.25, -0.2) is 4.39 Å². The molecule has 0 bridgehead atoms. The van der Waals surface area contributed by atoms with Gasteiger partial charge in [0, 0.05) is 24.2 Å². The van der Waals surface area contributed by atoms with Gasteiger partial charge in [-0.3, -0.25) is 0 Å². The molecule has 0 fully saturated rings. The standard InChI is InChI=1S/C14H14FNO3/c1-19-14-6-10(15)3-5-12(14)16-8-9-2-4-11(17)7-13(9)18/h2-7,16-18H,8H2,1H3. The molecule has 0 radical (unpaired) electrons. The average Bonchev–Trinajstić information content (AvgIpc) is 2.39. The van der Waals surface area contributed by atoms with Gasteiger partial charge in [0.05, 0.1) is 12.8 Å².